The lowest BCUT2D eigenvalue weighted by molar-refractivity contribution is -0.128. The van der Waals surface area contributed by atoms with E-state index in [4.69, 9.17) is 0 Å². The fourth-order valence-electron chi connectivity index (χ4n) is 3.42. The molecule has 1 atom stereocenters. The molecule has 0 aromatic carbocycles. The van der Waals surface area contributed by atoms with Crippen LogP contribution in [0.1, 0.15) is 51.9 Å². The molecule has 0 spiro atoms. The average molecular weight is 254 g/mol. The SMILES string of the molecule is CCC1(C(=O)NCC2(CO)CCCC2)CCCN1. The van der Waals surface area contributed by atoms with E-state index in [9.17, 15) is 9.90 Å². The summed E-state index contributed by atoms with van der Waals surface area (Å²) >= 11 is 0. The zero-order valence-corrected chi connectivity index (χ0v) is 11.4. The first-order chi connectivity index (χ1) is 8.66. The molecule has 4 nitrogen and oxygen atoms in total. The van der Waals surface area contributed by atoms with Gasteiger partial charge in [0.25, 0.3) is 0 Å². The van der Waals surface area contributed by atoms with Crippen LogP contribution < -0.4 is 10.6 Å². The molecule has 1 aliphatic carbocycles. The summed E-state index contributed by atoms with van der Waals surface area (Å²) in [6.07, 6.45) is 7.27. The summed E-state index contributed by atoms with van der Waals surface area (Å²) in [5, 5.41) is 16.0. The standard InChI is InChI=1S/C14H26N2O2/c1-2-14(8-5-9-16-14)12(18)15-10-13(11-17)6-3-4-7-13/h16-17H,2-11H2,1H3,(H,15,18). The van der Waals surface area contributed by atoms with Crippen LogP contribution in [0.5, 0.6) is 0 Å². The minimum atomic E-state index is -0.352. The first-order valence-electron chi connectivity index (χ1n) is 7.31. The van der Waals surface area contributed by atoms with Gasteiger partial charge in [0, 0.05) is 12.0 Å². The molecule has 18 heavy (non-hydrogen) atoms. The van der Waals surface area contributed by atoms with Crippen molar-refractivity contribution in [2.24, 2.45) is 5.41 Å². The number of hydrogen-bond donors (Lipinski definition) is 3. The summed E-state index contributed by atoms with van der Waals surface area (Å²) in [6.45, 7) is 3.83. The molecule has 1 heterocycles. The minimum absolute atomic E-state index is 0.0524. The van der Waals surface area contributed by atoms with Crippen LogP contribution in [0.4, 0.5) is 0 Å². The Morgan fingerprint density at radius 2 is 2.00 bits per heavy atom. The highest BCUT2D eigenvalue weighted by atomic mass is 16.3. The lowest BCUT2D eigenvalue weighted by atomic mass is 9.86. The van der Waals surface area contributed by atoms with Gasteiger partial charge in [-0.05, 0) is 38.6 Å². The first-order valence-corrected chi connectivity index (χ1v) is 7.31. The molecule has 1 saturated heterocycles. The van der Waals surface area contributed by atoms with E-state index in [0.717, 1.165) is 38.6 Å². The number of aliphatic hydroxyl groups is 1. The van der Waals surface area contributed by atoms with Gasteiger partial charge in [-0.15, -0.1) is 0 Å². The molecule has 1 aliphatic heterocycles. The molecular weight excluding hydrogens is 228 g/mol. The summed E-state index contributed by atoms with van der Waals surface area (Å²) < 4.78 is 0. The molecular formula is C14H26N2O2. The monoisotopic (exact) mass is 254 g/mol. The highest BCUT2D eigenvalue weighted by molar-refractivity contribution is 5.86. The van der Waals surface area contributed by atoms with Crippen molar-refractivity contribution in [2.45, 2.75) is 57.4 Å². The van der Waals surface area contributed by atoms with Crippen molar-refractivity contribution < 1.29 is 9.90 Å². The minimum Gasteiger partial charge on any atom is -0.396 e. The number of amides is 1. The van der Waals surface area contributed by atoms with Gasteiger partial charge in [0.1, 0.15) is 0 Å². The van der Waals surface area contributed by atoms with Gasteiger partial charge in [0.05, 0.1) is 12.1 Å². The van der Waals surface area contributed by atoms with Crippen LogP contribution in [0, 0.1) is 5.41 Å². The number of carbonyl (C=O) groups excluding carboxylic acids is 1. The van der Waals surface area contributed by atoms with Crippen molar-refractivity contribution in [1.29, 1.82) is 0 Å². The summed E-state index contributed by atoms with van der Waals surface area (Å²) in [5.41, 5.74) is -0.404. The summed E-state index contributed by atoms with van der Waals surface area (Å²) in [4.78, 5) is 12.4. The van der Waals surface area contributed by atoms with Crippen molar-refractivity contribution in [3.8, 4) is 0 Å². The zero-order chi connectivity index (χ0) is 13.1. The van der Waals surface area contributed by atoms with Crippen LogP contribution in [0.2, 0.25) is 0 Å². The predicted molar refractivity (Wildman–Crippen MR) is 71.3 cm³/mol. The lowest BCUT2D eigenvalue weighted by Gasteiger charge is -2.31. The van der Waals surface area contributed by atoms with Crippen LogP contribution in [-0.4, -0.2) is 36.2 Å². The second kappa shape index (κ2) is 5.57. The van der Waals surface area contributed by atoms with Gasteiger partial charge in [-0.25, -0.2) is 0 Å². The molecule has 0 bridgehead atoms. The van der Waals surface area contributed by atoms with E-state index < -0.39 is 0 Å². The number of rotatable bonds is 5. The van der Waals surface area contributed by atoms with Gasteiger partial charge < -0.3 is 15.7 Å². The van der Waals surface area contributed by atoms with Gasteiger partial charge in [0.15, 0.2) is 0 Å². The second-order valence-electron chi connectivity index (χ2n) is 6.01. The molecule has 0 radical (unpaired) electrons. The Labute approximate surface area is 110 Å². The van der Waals surface area contributed by atoms with Crippen molar-refractivity contribution in [2.75, 3.05) is 19.7 Å². The van der Waals surface area contributed by atoms with Gasteiger partial charge in [0.2, 0.25) is 5.91 Å². The maximum Gasteiger partial charge on any atom is 0.240 e. The third-order valence-corrected chi connectivity index (χ3v) is 4.91. The predicted octanol–water partition coefficient (Wildman–Crippen LogP) is 1.19. The van der Waals surface area contributed by atoms with E-state index in [1.54, 1.807) is 0 Å². The van der Waals surface area contributed by atoms with Gasteiger partial charge >= 0.3 is 0 Å². The molecule has 0 aromatic rings. The van der Waals surface area contributed by atoms with E-state index >= 15 is 0 Å². The van der Waals surface area contributed by atoms with Crippen LogP contribution in [0.25, 0.3) is 0 Å². The first kappa shape index (κ1) is 13.8. The quantitative estimate of drug-likeness (QED) is 0.690. The van der Waals surface area contributed by atoms with Crippen LogP contribution >= 0.6 is 0 Å². The largest absolute Gasteiger partial charge is 0.396 e. The molecule has 2 rings (SSSR count). The van der Waals surface area contributed by atoms with Crippen molar-refractivity contribution in [1.82, 2.24) is 10.6 Å². The van der Waals surface area contributed by atoms with Crippen LogP contribution in [0.15, 0.2) is 0 Å². The summed E-state index contributed by atoms with van der Waals surface area (Å²) in [5.74, 6) is 0.127. The highest BCUT2D eigenvalue weighted by Crippen LogP contribution is 2.37. The molecule has 2 aliphatic rings. The summed E-state index contributed by atoms with van der Waals surface area (Å²) in [6, 6.07) is 0. The third-order valence-electron chi connectivity index (χ3n) is 4.91. The van der Waals surface area contributed by atoms with Crippen molar-refractivity contribution >= 4 is 5.91 Å². The van der Waals surface area contributed by atoms with Crippen molar-refractivity contribution in [3.63, 3.8) is 0 Å². The molecule has 3 N–H and O–H groups in total. The molecule has 1 unspecified atom stereocenters. The maximum atomic E-state index is 12.4. The molecule has 1 amide bonds. The highest BCUT2D eigenvalue weighted by Gasteiger charge is 2.41. The third kappa shape index (κ3) is 2.54. The molecule has 1 saturated carbocycles. The van der Waals surface area contributed by atoms with E-state index in [0.29, 0.717) is 6.54 Å². The van der Waals surface area contributed by atoms with Crippen LogP contribution in [0.3, 0.4) is 0 Å². The molecule has 4 heteroatoms. The van der Waals surface area contributed by atoms with Crippen molar-refractivity contribution in [3.05, 3.63) is 0 Å². The van der Waals surface area contributed by atoms with E-state index in [1.165, 1.54) is 12.8 Å². The smallest absolute Gasteiger partial charge is 0.240 e. The Bertz CT molecular complexity index is 292. The van der Waals surface area contributed by atoms with Gasteiger partial charge in [-0.2, -0.15) is 0 Å². The molecule has 0 aromatic heterocycles. The summed E-state index contributed by atoms with van der Waals surface area (Å²) in [7, 11) is 0. The Morgan fingerprint density at radius 3 is 2.50 bits per heavy atom. The number of carbonyl (C=O) groups is 1. The Balaban J connectivity index is 1.91. The zero-order valence-electron chi connectivity index (χ0n) is 11.4. The number of hydrogen-bond acceptors (Lipinski definition) is 3. The molecule has 2 fully saturated rings. The van der Waals surface area contributed by atoms with E-state index in [2.05, 4.69) is 17.6 Å². The second-order valence-corrected chi connectivity index (χ2v) is 6.01. The maximum absolute atomic E-state index is 12.4. The van der Waals surface area contributed by atoms with Gasteiger partial charge in [-0.1, -0.05) is 19.8 Å². The fraction of sp³-hybridized carbons (Fsp3) is 0.929. The number of aliphatic hydroxyl groups excluding tert-OH is 1. The lowest BCUT2D eigenvalue weighted by Crippen LogP contribution is -2.55. The number of nitrogens with one attached hydrogen (secondary N) is 2. The average Bonchev–Trinajstić information content (AvgIpc) is 3.06. The molecule has 104 valence electrons. The Morgan fingerprint density at radius 1 is 1.28 bits per heavy atom. The Hall–Kier alpha value is -0.610. The Kier molecular flexibility index (Phi) is 4.28. The van der Waals surface area contributed by atoms with Crippen LogP contribution in [-0.2, 0) is 4.79 Å². The van der Waals surface area contributed by atoms with E-state index in [1.807, 2.05) is 0 Å². The van der Waals surface area contributed by atoms with E-state index in [-0.39, 0.29) is 23.5 Å². The van der Waals surface area contributed by atoms with Gasteiger partial charge in [-0.3, -0.25) is 4.79 Å². The normalized spacial score (nSPS) is 30.6. The topological polar surface area (TPSA) is 61.4 Å². The fourth-order valence-corrected chi connectivity index (χ4v) is 3.42.